The van der Waals surface area contributed by atoms with Gasteiger partial charge < -0.3 is 5.32 Å². The van der Waals surface area contributed by atoms with Gasteiger partial charge in [0, 0.05) is 6.04 Å². The monoisotopic (exact) mass is 206 g/mol. The summed E-state index contributed by atoms with van der Waals surface area (Å²) < 4.78 is 0. The molecule has 1 aromatic heterocycles. The zero-order valence-corrected chi connectivity index (χ0v) is 9.62. The molecule has 82 valence electrons. The average Bonchev–Trinajstić information content (AvgIpc) is 2.94. The minimum atomic E-state index is 0.559. The third-order valence-electron chi connectivity index (χ3n) is 2.93. The highest BCUT2D eigenvalue weighted by molar-refractivity contribution is 5.29. The number of nitrogens with one attached hydrogen (secondary N) is 1. The van der Waals surface area contributed by atoms with Crippen molar-refractivity contribution in [1.82, 2.24) is 15.2 Å². The van der Waals surface area contributed by atoms with Gasteiger partial charge >= 0.3 is 0 Å². The first kappa shape index (κ1) is 10.3. The number of rotatable bonds is 4. The van der Waals surface area contributed by atoms with Gasteiger partial charge in [0.25, 0.3) is 0 Å². The van der Waals surface area contributed by atoms with E-state index in [0.717, 1.165) is 30.1 Å². The molecule has 1 heterocycles. The molecule has 2 unspecified atom stereocenters. The predicted octanol–water partition coefficient (Wildman–Crippen LogP) is 1.82. The first-order valence-corrected chi connectivity index (χ1v) is 5.73. The van der Waals surface area contributed by atoms with Crippen LogP contribution in [0.4, 0.5) is 5.95 Å². The van der Waals surface area contributed by atoms with Crippen LogP contribution in [0.5, 0.6) is 0 Å². The topological polar surface area (TPSA) is 50.7 Å². The summed E-state index contributed by atoms with van der Waals surface area (Å²) in [4.78, 5) is 4.49. The van der Waals surface area contributed by atoms with Crippen molar-refractivity contribution in [2.24, 2.45) is 5.92 Å². The van der Waals surface area contributed by atoms with Crippen LogP contribution in [0.1, 0.15) is 38.6 Å². The predicted molar refractivity (Wildman–Crippen MR) is 59.8 cm³/mol. The van der Waals surface area contributed by atoms with Crippen LogP contribution in [0.25, 0.3) is 0 Å². The molecule has 0 spiro atoms. The van der Waals surface area contributed by atoms with Gasteiger partial charge in [-0.25, -0.2) is 4.98 Å². The lowest BCUT2D eigenvalue weighted by Gasteiger charge is -2.06. The van der Waals surface area contributed by atoms with Gasteiger partial charge in [-0.1, -0.05) is 20.8 Å². The summed E-state index contributed by atoms with van der Waals surface area (Å²) in [5.41, 5.74) is 2.09. The van der Waals surface area contributed by atoms with Gasteiger partial charge in [-0.05, 0) is 25.2 Å². The average molecular weight is 206 g/mol. The van der Waals surface area contributed by atoms with Crippen molar-refractivity contribution in [3.8, 4) is 0 Å². The fourth-order valence-electron chi connectivity index (χ4n) is 1.69. The second kappa shape index (κ2) is 4.13. The lowest BCUT2D eigenvalue weighted by atomic mass is 10.2. The largest absolute Gasteiger partial charge is 0.350 e. The number of nitrogens with zero attached hydrogens (tertiary/aromatic N) is 3. The molecule has 1 fully saturated rings. The van der Waals surface area contributed by atoms with E-state index in [9.17, 15) is 0 Å². The van der Waals surface area contributed by atoms with Crippen molar-refractivity contribution in [1.29, 1.82) is 0 Å². The van der Waals surface area contributed by atoms with E-state index in [4.69, 9.17) is 0 Å². The van der Waals surface area contributed by atoms with Gasteiger partial charge in [0.05, 0.1) is 11.4 Å². The van der Waals surface area contributed by atoms with E-state index in [2.05, 4.69) is 41.3 Å². The third-order valence-corrected chi connectivity index (χ3v) is 2.93. The molecule has 1 N–H and O–H groups in total. The molecule has 2 rings (SSSR count). The molecule has 15 heavy (non-hydrogen) atoms. The summed E-state index contributed by atoms with van der Waals surface area (Å²) in [6.45, 7) is 6.42. The first-order valence-electron chi connectivity index (χ1n) is 5.73. The van der Waals surface area contributed by atoms with E-state index in [0.29, 0.717) is 12.0 Å². The summed E-state index contributed by atoms with van der Waals surface area (Å²) in [6, 6.07) is 0.559. The highest BCUT2D eigenvalue weighted by Crippen LogP contribution is 2.31. The van der Waals surface area contributed by atoms with Gasteiger partial charge in [-0.3, -0.25) is 0 Å². The van der Waals surface area contributed by atoms with E-state index in [-0.39, 0.29) is 0 Å². The Hall–Kier alpha value is -1.19. The molecule has 1 saturated carbocycles. The van der Waals surface area contributed by atoms with Gasteiger partial charge in [0.1, 0.15) is 0 Å². The van der Waals surface area contributed by atoms with Crippen LogP contribution in [0, 0.1) is 5.92 Å². The minimum absolute atomic E-state index is 0.559. The Labute approximate surface area is 90.5 Å². The molecule has 0 radical (unpaired) electrons. The van der Waals surface area contributed by atoms with Crippen molar-refractivity contribution in [3.63, 3.8) is 0 Å². The van der Waals surface area contributed by atoms with Crippen molar-refractivity contribution >= 4 is 5.95 Å². The summed E-state index contributed by atoms with van der Waals surface area (Å²) >= 11 is 0. The maximum atomic E-state index is 4.49. The molecule has 2 atom stereocenters. The third kappa shape index (κ3) is 2.25. The van der Waals surface area contributed by atoms with Crippen LogP contribution in [0.15, 0.2) is 0 Å². The summed E-state index contributed by atoms with van der Waals surface area (Å²) in [5, 5.41) is 11.6. The Morgan fingerprint density at radius 2 is 1.87 bits per heavy atom. The Balaban J connectivity index is 2.11. The molecule has 0 amide bonds. The molecule has 4 heteroatoms. The van der Waals surface area contributed by atoms with E-state index < -0.39 is 0 Å². The van der Waals surface area contributed by atoms with Gasteiger partial charge in [-0.2, -0.15) is 5.10 Å². The molecule has 1 aliphatic rings. The van der Waals surface area contributed by atoms with Crippen LogP contribution in [-0.2, 0) is 12.8 Å². The molecular formula is C11H18N4. The van der Waals surface area contributed by atoms with Crippen LogP contribution in [-0.4, -0.2) is 21.2 Å². The molecule has 0 aromatic carbocycles. The molecular weight excluding hydrogens is 188 g/mol. The second-order valence-corrected chi connectivity index (χ2v) is 4.20. The van der Waals surface area contributed by atoms with Gasteiger partial charge in [0.2, 0.25) is 5.95 Å². The van der Waals surface area contributed by atoms with E-state index in [1.54, 1.807) is 0 Å². The number of aromatic nitrogens is 3. The zero-order chi connectivity index (χ0) is 10.8. The number of hydrogen-bond donors (Lipinski definition) is 1. The minimum Gasteiger partial charge on any atom is -0.350 e. The highest BCUT2D eigenvalue weighted by Gasteiger charge is 2.33. The van der Waals surface area contributed by atoms with Crippen LogP contribution < -0.4 is 5.32 Å². The fourth-order valence-corrected chi connectivity index (χ4v) is 1.69. The molecule has 0 bridgehead atoms. The Kier molecular flexibility index (Phi) is 2.84. The maximum Gasteiger partial charge on any atom is 0.243 e. The molecule has 0 saturated heterocycles. The molecule has 4 nitrogen and oxygen atoms in total. The van der Waals surface area contributed by atoms with Gasteiger partial charge in [-0.15, -0.1) is 5.10 Å². The Morgan fingerprint density at radius 1 is 1.20 bits per heavy atom. The summed E-state index contributed by atoms with van der Waals surface area (Å²) in [6.07, 6.45) is 3.05. The van der Waals surface area contributed by atoms with E-state index >= 15 is 0 Å². The number of aryl methyl sites for hydroxylation is 2. The quantitative estimate of drug-likeness (QED) is 0.816. The fraction of sp³-hybridized carbons (Fsp3) is 0.727. The SMILES string of the molecule is CCc1nnc(NC2CC2C)nc1CC. The zero-order valence-electron chi connectivity index (χ0n) is 9.62. The van der Waals surface area contributed by atoms with Crippen LogP contribution >= 0.6 is 0 Å². The number of hydrogen-bond acceptors (Lipinski definition) is 4. The van der Waals surface area contributed by atoms with Crippen molar-refractivity contribution in [3.05, 3.63) is 11.4 Å². The Bertz CT molecular complexity index is 350. The standard InChI is InChI=1S/C11H18N4/c1-4-8-9(5-2)14-15-11(12-8)13-10-6-7(10)3/h7,10H,4-6H2,1-3H3,(H,12,13,15). The van der Waals surface area contributed by atoms with Crippen molar-refractivity contribution in [2.75, 3.05) is 5.32 Å². The molecule has 1 aromatic rings. The normalized spacial score (nSPS) is 23.9. The first-order chi connectivity index (χ1) is 7.24. The number of anilines is 1. The van der Waals surface area contributed by atoms with E-state index in [1.165, 1.54) is 6.42 Å². The van der Waals surface area contributed by atoms with Crippen molar-refractivity contribution < 1.29 is 0 Å². The summed E-state index contributed by atoms with van der Waals surface area (Å²) in [7, 11) is 0. The highest BCUT2D eigenvalue weighted by atomic mass is 15.3. The lowest BCUT2D eigenvalue weighted by molar-refractivity contribution is 0.811. The van der Waals surface area contributed by atoms with Crippen LogP contribution in [0.2, 0.25) is 0 Å². The van der Waals surface area contributed by atoms with Crippen molar-refractivity contribution in [2.45, 2.75) is 46.1 Å². The molecule has 1 aliphatic carbocycles. The smallest absolute Gasteiger partial charge is 0.243 e. The molecule has 0 aliphatic heterocycles. The summed E-state index contributed by atoms with van der Waals surface area (Å²) in [5.74, 6) is 1.45. The van der Waals surface area contributed by atoms with Crippen LogP contribution in [0.3, 0.4) is 0 Å². The van der Waals surface area contributed by atoms with Gasteiger partial charge in [0.15, 0.2) is 0 Å². The Morgan fingerprint density at radius 3 is 2.40 bits per heavy atom. The maximum absolute atomic E-state index is 4.49. The lowest BCUT2D eigenvalue weighted by Crippen LogP contribution is -2.11. The second-order valence-electron chi connectivity index (χ2n) is 4.20. The van der Waals surface area contributed by atoms with E-state index in [1.807, 2.05) is 0 Å².